The van der Waals surface area contributed by atoms with Crippen LogP contribution in [0.1, 0.15) is 63.6 Å². The summed E-state index contributed by atoms with van der Waals surface area (Å²) >= 11 is 7.11. The number of hydrogen-bond acceptors (Lipinski definition) is 5. The summed E-state index contributed by atoms with van der Waals surface area (Å²) in [5.74, 6) is 0. The van der Waals surface area contributed by atoms with Gasteiger partial charge < -0.3 is 9.45 Å². The van der Waals surface area contributed by atoms with E-state index in [1.165, 1.54) is 67.3 Å². The van der Waals surface area contributed by atoms with Crippen molar-refractivity contribution in [2.45, 2.75) is 69.6 Å². The van der Waals surface area contributed by atoms with Crippen molar-refractivity contribution in [1.82, 2.24) is 0 Å². The topological polar surface area (TPSA) is 72.8 Å². The van der Waals surface area contributed by atoms with E-state index in [1.54, 1.807) is 12.1 Å². The van der Waals surface area contributed by atoms with Gasteiger partial charge in [0, 0.05) is 34.3 Å². The highest BCUT2D eigenvalue weighted by Crippen LogP contribution is 2.50. The third kappa shape index (κ3) is 6.80. The Hall–Kier alpha value is -4.75. The molecule has 53 heavy (non-hydrogen) atoms. The normalized spacial score (nSPS) is 19.2. The fourth-order valence-corrected chi connectivity index (χ4v) is 8.90. The molecule has 0 bridgehead atoms. The highest BCUT2D eigenvalue weighted by Gasteiger charge is 2.39. The molecule has 2 aliphatic heterocycles. The maximum atomic E-state index is 10.4. The average molecular weight is 740 g/mol. The smallest absolute Gasteiger partial charge is 0.124 e. The van der Waals surface area contributed by atoms with Crippen molar-refractivity contribution >= 4 is 60.4 Å². The molecule has 0 atom stereocenters. The zero-order valence-electron chi connectivity index (χ0n) is 31.1. The molecule has 0 saturated carbocycles. The van der Waals surface area contributed by atoms with Crippen LogP contribution in [0.4, 0.5) is 11.4 Å². The zero-order valence-corrected chi connectivity index (χ0v) is 32.6. The van der Waals surface area contributed by atoms with Crippen molar-refractivity contribution in [3.63, 3.8) is 0 Å². The Morgan fingerprint density at radius 3 is 2.04 bits per heavy atom. The van der Waals surface area contributed by atoms with Crippen LogP contribution in [0.25, 0.3) is 21.5 Å². The molecule has 0 spiro atoms. The van der Waals surface area contributed by atoms with Crippen molar-refractivity contribution in [1.29, 1.82) is 0 Å². The van der Waals surface area contributed by atoms with Crippen molar-refractivity contribution in [2.75, 3.05) is 11.9 Å². The number of likely N-dealkylation sites (N-methyl/N-ethyl adjacent to an activating group) is 1. The molecule has 270 valence electrons. The number of benzene rings is 5. The Morgan fingerprint density at radius 2 is 1.38 bits per heavy atom. The fourth-order valence-electron chi connectivity index (χ4n) is 8.12. The number of aryl methyl sites for hydroxylation is 1. The summed E-state index contributed by atoms with van der Waals surface area (Å²) in [6, 6.07) is 31.9. The summed E-state index contributed by atoms with van der Waals surface area (Å²) in [6.07, 6.45) is 12.0. The summed E-state index contributed by atoms with van der Waals surface area (Å²) in [4.78, 5) is 7.24. The molecule has 0 aromatic heterocycles. The first-order chi connectivity index (χ1) is 25.2. The number of aliphatic imine (C=N–C) groups is 1. The van der Waals surface area contributed by atoms with Crippen LogP contribution in [0, 0.1) is 6.92 Å². The number of rotatable bonds is 4. The van der Waals surface area contributed by atoms with Gasteiger partial charge >= 0.3 is 0 Å². The highest BCUT2D eigenvalue weighted by molar-refractivity contribution is 7.85. The molecule has 0 saturated heterocycles. The van der Waals surface area contributed by atoms with Gasteiger partial charge in [-0.15, -0.1) is 0 Å². The van der Waals surface area contributed by atoms with Gasteiger partial charge in [-0.25, -0.2) is 8.42 Å². The van der Waals surface area contributed by atoms with Gasteiger partial charge in [0.15, 0.2) is 0 Å². The monoisotopic (exact) mass is 739 g/mol. The van der Waals surface area contributed by atoms with E-state index < -0.39 is 10.1 Å². The number of allylic oxidation sites excluding steroid dienone is 8. The molecule has 5 aromatic rings. The summed E-state index contributed by atoms with van der Waals surface area (Å²) in [5, 5.41) is 6.06. The van der Waals surface area contributed by atoms with E-state index in [1.807, 2.05) is 6.92 Å². The third-order valence-electron chi connectivity index (χ3n) is 11.0. The van der Waals surface area contributed by atoms with E-state index in [0.717, 1.165) is 41.3 Å². The predicted molar refractivity (Wildman–Crippen MR) is 221 cm³/mol. The van der Waals surface area contributed by atoms with Crippen LogP contribution in [0.5, 0.6) is 0 Å². The molecule has 0 unspecified atom stereocenters. The first-order valence-corrected chi connectivity index (χ1v) is 19.8. The quantitative estimate of drug-likeness (QED) is 0.172. The minimum Gasteiger partial charge on any atom is -0.744 e. The van der Waals surface area contributed by atoms with Crippen molar-refractivity contribution < 1.29 is 13.0 Å². The van der Waals surface area contributed by atoms with Crippen LogP contribution in [0.2, 0.25) is 0 Å². The minimum absolute atomic E-state index is 0.110. The molecular weight excluding hydrogens is 696 g/mol. The van der Waals surface area contributed by atoms with Crippen LogP contribution in [-0.4, -0.2) is 25.7 Å². The molecule has 1 aliphatic carbocycles. The van der Waals surface area contributed by atoms with E-state index in [2.05, 4.69) is 137 Å². The van der Waals surface area contributed by atoms with E-state index in [4.69, 9.17) is 16.6 Å². The van der Waals surface area contributed by atoms with E-state index in [9.17, 15) is 13.0 Å². The lowest BCUT2D eigenvalue weighted by molar-refractivity contribution is 0.463. The predicted octanol–water partition coefficient (Wildman–Crippen LogP) is 11.7. The number of hydrogen-bond donors (Lipinski definition) is 0. The molecule has 0 N–H and O–H groups in total. The van der Waals surface area contributed by atoms with Gasteiger partial charge in [0.25, 0.3) is 0 Å². The van der Waals surface area contributed by atoms with Crippen LogP contribution in [0.15, 0.2) is 153 Å². The lowest BCUT2D eigenvalue weighted by Gasteiger charge is -2.25. The SMILES string of the molecule is CN1/C(=C/C=C2\CCCC(/C=C/C3=Nc4ccc5ccccc5c4C3(C)C)=C2Cl)C(C)(C)c2c1ccc1ccccc21.Cc1ccc(S(=O)(=O)[O-])cc1. The Labute approximate surface area is 318 Å². The second-order valence-corrected chi connectivity index (χ2v) is 17.0. The summed E-state index contributed by atoms with van der Waals surface area (Å²) < 4.78 is 31.2. The van der Waals surface area contributed by atoms with E-state index in [-0.39, 0.29) is 15.7 Å². The molecule has 0 fully saturated rings. The highest BCUT2D eigenvalue weighted by atomic mass is 35.5. The lowest BCUT2D eigenvalue weighted by atomic mass is 9.79. The summed E-state index contributed by atoms with van der Waals surface area (Å²) in [6.45, 7) is 11.1. The lowest BCUT2D eigenvalue weighted by Crippen LogP contribution is -2.24. The van der Waals surface area contributed by atoms with Gasteiger partial charge in [0.1, 0.15) is 10.1 Å². The minimum atomic E-state index is -4.27. The molecule has 5 nitrogen and oxygen atoms in total. The molecule has 0 amide bonds. The molecule has 0 radical (unpaired) electrons. The van der Waals surface area contributed by atoms with Crippen molar-refractivity contribution in [2.24, 2.45) is 4.99 Å². The number of anilines is 1. The van der Waals surface area contributed by atoms with Gasteiger partial charge in [-0.2, -0.15) is 0 Å². The molecule has 2 heterocycles. The number of fused-ring (bicyclic) bond motifs is 6. The number of nitrogens with zero attached hydrogens (tertiary/aromatic N) is 2. The van der Waals surface area contributed by atoms with Crippen LogP contribution in [-0.2, 0) is 20.9 Å². The van der Waals surface area contributed by atoms with Gasteiger partial charge in [0.05, 0.1) is 16.3 Å². The van der Waals surface area contributed by atoms with Gasteiger partial charge in [-0.05, 0) is 106 Å². The third-order valence-corrected chi connectivity index (χ3v) is 12.3. The van der Waals surface area contributed by atoms with Crippen molar-refractivity contribution in [3.05, 3.63) is 160 Å². The molecule has 5 aromatic carbocycles. The second kappa shape index (κ2) is 13.9. The molecule has 8 rings (SSSR count). The van der Waals surface area contributed by atoms with Gasteiger partial charge in [-0.3, -0.25) is 4.99 Å². The van der Waals surface area contributed by atoms with Crippen molar-refractivity contribution in [3.8, 4) is 0 Å². The van der Waals surface area contributed by atoms with Crippen LogP contribution >= 0.6 is 11.6 Å². The Kier molecular flexibility index (Phi) is 9.60. The van der Waals surface area contributed by atoms with Crippen LogP contribution < -0.4 is 4.90 Å². The average Bonchev–Trinajstić information content (AvgIpc) is 3.51. The number of halogens is 1. The first kappa shape index (κ1) is 36.6. The maximum Gasteiger partial charge on any atom is 0.124 e. The molecule has 7 heteroatoms. The largest absolute Gasteiger partial charge is 0.744 e. The van der Waals surface area contributed by atoms with Crippen LogP contribution in [0.3, 0.4) is 0 Å². The Morgan fingerprint density at radius 1 is 0.755 bits per heavy atom. The molecule has 3 aliphatic rings. The first-order valence-electron chi connectivity index (χ1n) is 18.1. The standard InChI is InChI=1S/C39H37ClN2.C7H8O3S/c1-38(2)33(41-31-21-17-25-11-6-8-15-29(25)35(31)38)23-19-27-13-10-14-28(37(27)40)20-24-34-39(3,4)36-30-16-9-7-12-26(30)18-22-32(36)42(34)5;1-6-2-4-7(5-3-6)11(8,9)10/h6-9,11-12,15-24H,10,13-14H2,1-5H3;2-5H,1H3,(H,8,9,10)/p-1/b23-19+,28-20+,34-24+;. The zero-order chi connectivity index (χ0) is 37.7. The van der Waals surface area contributed by atoms with Gasteiger partial charge in [-0.1, -0.05) is 130 Å². The molecular formula is C46H44ClN2O3S-. The fraction of sp³-hybridized carbons (Fsp3) is 0.239. The Bertz CT molecular complexity index is 2540. The summed E-state index contributed by atoms with van der Waals surface area (Å²) in [5.41, 5.74) is 10.5. The van der Waals surface area contributed by atoms with E-state index >= 15 is 0 Å². The Balaban J connectivity index is 0.000000341. The maximum absolute atomic E-state index is 10.4. The second-order valence-electron chi connectivity index (χ2n) is 15.2. The summed E-state index contributed by atoms with van der Waals surface area (Å²) in [7, 11) is -2.08. The van der Waals surface area contributed by atoms with Gasteiger partial charge in [0.2, 0.25) is 0 Å². The van der Waals surface area contributed by atoms with E-state index in [0.29, 0.717) is 0 Å².